The Bertz CT molecular complexity index is 1830. The van der Waals surface area contributed by atoms with E-state index in [0.717, 1.165) is 0 Å². The largest absolute Gasteiger partial charge is 0.313 e. The van der Waals surface area contributed by atoms with Gasteiger partial charge < -0.3 is 4.57 Å². The van der Waals surface area contributed by atoms with Crippen molar-refractivity contribution in [2.24, 2.45) is 0 Å². The number of hydrogen-bond acceptors (Lipinski definition) is 0. The summed E-state index contributed by atoms with van der Waals surface area (Å²) in [6, 6.07) is 66.5. The standard InChI is InChI=1S/C41H33NSi/c1-32-39(33-20-8-2-9-21-33)41(40(34-22-10-3-11-23-34)42(32)35-24-12-4-13-25-35)43(36-26-14-5-15-27-36,37-28-16-6-17-29-37)38-30-18-7-19-31-38/h2-31H,1H3. The summed E-state index contributed by atoms with van der Waals surface area (Å²) in [6.07, 6.45) is 0. The van der Waals surface area contributed by atoms with E-state index in [1.807, 2.05) is 0 Å². The molecule has 0 saturated heterocycles. The molecule has 0 amide bonds. The molecule has 0 aliphatic carbocycles. The molecule has 7 rings (SSSR count). The fraction of sp³-hybridized carbons (Fsp3) is 0.0244. The van der Waals surface area contributed by atoms with Crippen LogP contribution in [0.25, 0.3) is 28.1 Å². The zero-order chi connectivity index (χ0) is 29.1. The molecule has 0 bridgehead atoms. The highest BCUT2D eigenvalue weighted by atomic mass is 28.3. The van der Waals surface area contributed by atoms with Crippen molar-refractivity contribution in [2.75, 3.05) is 0 Å². The Balaban J connectivity index is 1.78. The summed E-state index contributed by atoms with van der Waals surface area (Å²) in [7, 11) is -2.92. The van der Waals surface area contributed by atoms with Crippen LogP contribution in [-0.2, 0) is 0 Å². The fourth-order valence-corrected chi connectivity index (χ4v) is 12.0. The summed E-state index contributed by atoms with van der Waals surface area (Å²) in [5, 5.41) is 5.51. The molecule has 0 aliphatic rings. The lowest BCUT2D eigenvalue weighted by molar-refractivity contribution is 1.03. The topological polar surface area (TPSA) is 4.93 Å². The third kappa shape index (κ3) is 4.57. The van der Waals surface area contributed by atoms with Gasteiger partial charge in [0.2, 0.25) is 0 Å². The van der Waals surface area contributed by atoms with Gasteiger partial charge in [-0.15, -0.1) is 0 Å². The van der Waals surface area contributed by atoms with Gasteiger partial charge in [-0.2, -0.15) is 0 Å². The molecule has 7 aromatic rings. The zero-order valence-electron chi connectivity index (χ0n) is 24.3. The van der Waals surface area contributed by atoms with Crippen molar-refractivity contribution in [1.29, 1.82) is 0 Å². The molecule has 1 aromatic heterocycles. The summed E-state index contributed by atoms with van der Waals surface area (Å²) in [5.41, 5.74) is 7.43. The van der Waals surface area contributed by atoms with Crippen LogP contribution in [0.4, 0.5) is 0 Å². The van der Waals surface area contributed by atoms with Gasteiger partial charge in [-0.05, 0) is 50.9 Å². The van der Waals surface area contributed by atoms with Crippen LogP contribution in [0, 0.1) is 6.92 Å². The van der Waals surface area contributed by atoms with E-state index in [9.17, 15) is 0 Å². The summed E-state index contributed by atoms with van der Waals surface area (Å²) < 4.78 is 2.50. The highest BCUT2D eigenvalue weighted by molar-refractivity contribution is 7.21. The monoisotopic (exact) mass is 567 g/mol. The van der Waals surface area contributed by atoms with Gasteiger partial charge in [-0.1, -0.05) is 170 Å². The Kier molecular flexibility index (Phi) is 7.20. The van der Waals surface area contributed by atoms with Crippen molar-refractivity contribution in [3.05, 3.63) is 188 Å². The molecule has 2 heteroatoms. The maximum atomic E-state index is 2.50. The fourth-order valence-electron chi connectivity index (χ4n) is 6.78. The van der Waals surface area contributed by atoms with Crippen molar-refractivity contribution in [2.45, 2.75) is 6.92 Å². The number of aromatic nitrogens is 1. The molecule has 0 N–H and O–H groups in total. The number of hydrogen-bond donors (Lipinski definition) is 0. The van der Waals surface area contributed by atoms with Crippen LogP contribution >= 0.6 is 0 Å². The minimum atomic E-state index is -2.92. The summed E-state index contributed by atoms with van der Waals surface area (Å²) in [5.74, 6) is 0. The van der Waals surface area contributed by atoms with Gasteiger partial charge in [0.05, 0.1) is 5.69 Å². The van der Waals surface area contributed by atoms with Crippen molar-refractivity contribution < 1.29 is 0 Å². The second kappa shape index (κ2) is 11.6. The van der Waals surface area contributed by atoms with E-state index in [-0.39, 0.29) is 0 Å². The lowest BCUT2D eigenvalue weighted by atomic mass is 10.0. The van der Waals surface area contributed by atoms with Crippen molar-refractivity contribution in [3.8, 4) is 28.1 Å². The first-order valence-electron chi connectivity index (χ1n) is 14.9. The zero-order valence-corrected chi connectivity index (χ0v) is 25.3. The first kappa shape index (κ1) is 26.7. The van der Waals surface area contributed by atoms with Gasteiger partial charge in [0.15, 0.2) is 8.07 Å². The van der Waals surface area contributed by atoms with Crippen molar-refractivity contribution in [1.82, 2.24) is 4.57 Å². The first-order chi connectivity index (χ1) is 21.3. The predicted octanol–water partition coefficient (Wildman–Crippen LogP) is 7.50. The van der Waals surface area contributed by atoms with Crippen LogP contribution in [0.2, 0.25) is 0 Å². The average molecular weight is 568 g/mol. The molecule has 6 aromatic carbocycles. The van der Waals surface area contributed by atoms with E-state index in [1.54, 1.807) is 0 Å². The average Bonchev–Trinajstić information content (AvgIpc) is 3.40. The molecule has 0 aliphatic heterocycles. The highest BCUT2D eigenvalue weighted by Crippen LogP contribution is 2.36. The normalized spacial score (nSPS) is 11.4. The second-order valence-electron chi connectivity index (χ2n) is 10.9. The molecule has 0 saturated carbocycles. The highest BCUT2D eigenvalue weighted by Gasteiger charge is 2.47. The van der Waals surface area contributed by atoms with Gasteiger partial charge in [-0.3, -0.25) is 0 Å². The van der Waals surface area contributed by atoms with E-state index in [1.165, 1.54) is 54.5 Å². The minimum absolute atomic E-state index is 1.17. The number of para-hydroxylation sites is 1. The maximum absolute atomic E-state index is 2.92. The molecule has 43 heavy (non-hydrogen) atoms. The van der Waals surface area contributed by atoms with Crippen LogP contribution in [0.5, 0.6) is 0 Å². The van der Waals surface area contributed by atoms with E-state index in [2.05, 4.69) is 193 Å². The van der Waals surface area contributed by atoms with Crippen molar-refractivity contribution in [3.63, 3.8) is 0 Å². The third-order valence-electron chi connectivity index (χ3n) is 8.53. The Morgan fingerprint density at radius 1 is 0.395 bits per heavy atom. The van der Waals surface area contributed by atoms with Crippen LogP contribution in [-0.4, -0.2) is 12.6 Å². The molecule has 206 valence electrons. The van der Waals surface area contributed by atoms with Gasteiger partial charge in [0.25, 0.3) is 0 Å². The van der Waals surface area contributed by atoms with E-state index in [4.69, 9.17) is 0 Å². The summed E-state index contributed by atoms with van der Waals surface area (Å²) in [6.45, 7) is 2.30. The summed E-state index contributed by atoms with van der Waals surface area (Å²) >= 11 is 0. The molecule has 0 fully saturated rings. The molecule has 1 nitrogen and oxygen atoms in total. The number of rotatable bonds is 7. The van der Waals surface area contributed by atoms with Crippen LogP contribution in [0.15, 0.2) is 182 Å². The van der Waals surface area contributed by atoms with Gasteiger partial charge in [0.1, 0.15) is 0 Å². The van der Waals surface area contributed by atoms with Gasteiger partial charge >= 0.3 is 0 Å². The quantitative estimate of drug-likeness (QED) is 0.139. The van der Waals surface area contributed by atoms with Crippen LogP contribution in [0.1, 0.15) is 5.69 Å². The minimum Gasteiger partial charge on any atom is -0.313 e. The van der Waals surface area contributed by atoms with Crippen LogP contribution in [0.3, 0.4) is 0 Å². The Hall–Kier alpha value is -5.18. The Morgan fingerprint density at radius 3 is 1.16 bits per heavy atom. The predicted molar refractivity (Wildman–Crippen MR) is 185 cm³/mol. The first-order valence-corrected chi connectivity index (χ1v) is 16.9. The lowest BCUT2D eigenvalue weighted by Gasteiger charge is -2.36. The molecule has 1 heterocycles. The van der Waals surface area contributed by atoms with E-state index < -0.39 is 8.07 Å². The lowest BCUT2D eigenvalue weighted by Crippen LogP contribution is -2.75. The molecular weight excluding hydrogens is 535 g/mol. The smallest absolute Gasteiger partial charge is 0.182 e. The van der Waals surface area contributed by atoms with E-state index >= 15 is 0 Å². The number of benzene rings is 6. The van der Waals surface area contributed by atoms with E-state index in [0.29, 0.717) is 0 Å². The Morgan fingerprint density at radius 2 is 0.744 bits per heavy atom. The Labute approximate surface area is 255 Å². The maximum Gasteiger partial charge on any atom is 0.182 e. The second-order valence-corrected chi connectivity index (χ2v) is 14.7. The van der Waals surface area contributed by atoms with Gasteiger partial charge in [0, 0.05) is 16.9 Å². The SMILES string of the molecule is Cc1c(-c2ccccc2)c([Si](c2ccccc2)(c2ccccc2)c2ccccc2)c(-c2ccccc2)n1-c1ccccc1. The molecule has 0 radical (unpaired) electrons. The molecule has 0 spiro atoms. The van der Waals surface area contributed by atoms with Gasteiger partial charge in [-0.25, -0.2) is 0 Å². The third-order valence-corrected chi connectivity index (χ3v) is 13.4. The summed E-state index contributed by atoms with van der Waals surface area (Å²) in [4.78, 5) is 0. The van der Waals surface area contributed by atoms with Crippen LogP contribution < -0.4 is 20.7 Å². The molecular formula is C41H33NSi. The molecule has 0 atom stereocenters. The number of nitrogens with zero attached hydrogens (tertiary/aromatic N) is 1. The molecule has 0 unspecified atom stereocenters. The van der Waals surface area contributed by atoms with Crippen molar-refractivity contribution >= 4 is 28.8 Å².